The molecule has 2 N–H and O–H groups in total. The number of amides is 2. The average Bonchev–Trinajstić information content (AvgIpc) is 2.89. The molecule has 5 heteroatoms. The van der Waals surface area contributed by atoms with E-state index in [1.165, 1.54) is 5.56 Å². The van der Waals surface area contributed by atoms with E-state index in [1.54, 1.807) is 48.5 Å². The highest BCUT2D eigenvalue weighted by Gasteiger charge is 2.09. The number of hydrogen-bond donors (Lipinski definition) is 2. The highest BCUT2D eigenvalue weighted by atomic mass is 16.5. The van der Waals surface area contributed by atoms with Crippen molar-refractivity contribution in [3.05, 3.63) is 131 Å². The maximum absolute atomic E-state index is 12.6. The molecule has 0 aliphatic carbocycles. The molecule has 0 bridgehead atoms. The van der Waals surface area contributed by atoms with E-state index in [0.717, 1.165) is 17.7 Å². The van der Waals surface area contributed by atoms with Crippen molar-refractivity contribution >= 4 is 17.5 Å². The Balaban J connectivity index is 1.25. The van der Waals surface area contributed by atoms with Crippen molar-refractivity contribution < 1.29 is 14.3 Å². The molecule has 0 spiro atoms. The average molecular weight is 451 g/mol. The van der Waals surface area contributed by atoms with Crippen molar-refractivity contribution in [3.8, 4) is 5.75 Å². The van der Waals surface area contributed by atoms with Gasteiger partial charge in [-0.15, -0.1) is 0 Å². The molecule has 0 aliphatic heterocycles. The first-order chi connectivity index (χ1) is 16.7. The SMILES string of the molecule is O=C(NCc1ccccc1)c1ccc(NC(=O)c2ccc(OCCc3ccccc3)cc2)cc1. The molecule has 0 atom stereocenters. The summed E-state index contributed by atoms with van der Waals surface area (Å²) in [5, 5.41) is 5.75. The molecule has 0 radical (unpaired) electrons. The first kappa shape index (κ1) is 22.8. The van der Waals surface area contributed by atoms with Gasteiger partial charge in [0.05, 0.1) is 6.61 Å². The summed E-state index contributed by atoms with van der Waals surface area (Å²) in [6.45, 7) is 1.03. The quantitative estimate of drug-likeness (QED) is 0.354. The summed E-state index contributed by atoms with van der Waals surface area (Å²) in [6, 6.07) is 33.8. The molecule has 0 unspecified atom stereocenters. The zero-order valence-corrected chi connectivity index (χ0v) is 18.7. The van der Waals surface area contributed by atoms with Gasteiger partial charge in [-0.1, -0.05) is 60.7 Å². The van der Waals surface area contributed by atoms with Gasteiger partial charge < -0.3 is 15.4 Å². The molecule has 5 nitrogen and oxygen atoms in total. The van der Waals surface area contributed by atoms with E-state index in [2.05, 4.69) is 22.8 Å². The molecule has 34 heavy (non-hydrogen) atoms. The molecule has 0 saturated carbocycles. The molecule has 0 saturated heterocycles. The summed E-state index contributed by atoms with van der Waals surface area (Å²) in [6.07, 6.45) is 0.823. The van der Waals surface area contributed by atoms with Crippen molar-refractivity contribution in [1.29, 1.82) is 0 Å². The zero-order valence-electron chi connectivity index (χ0n) is 18.7. The molecule has 0 aliphatic rings. The van der Waals surface area contributed by atoms with Gasteiger partial charge in [-0.25, -0.2) is 0 Å². The van der Waals surface area contributed by atoms with Crippen LogP contribution in [0.2, 0.25) is 0 Å². The standard InChI is InChI=1S/C29H26N2O3/c32-28(30-21-23-9-5-2-6-10-23)24-11-15-26(16-12-24)31-29(33)25-13-17-27(18-14-25)34-20-19-22-7-3-1-4-8-22/h1-18H,19-21H2,(H,30,32)(H,31,33). The van der Waals surface area contributed by atoms with Gasteiger partial charge in [0, 0.05) is 29.8 Å². The number of rotatable bonds is 9. The van der Waals surface area contributed by atoms with Gasteiger partial charge in [-0.3, -0.25) is 9.59 Å². The molecule has 0 fully saturated rings. The van der Waals surface area contributed by atoms with Gasteiger partial charge in [0.15, 0.2) is 0 Å². The van der Waals surface area contributed by atoms with Crippen molar-refractivity contribution in [3.63, 3.8) is 0 Å². The van der Waals surface area contributed by atoms with Gasteiger partial charge in [0.2, 0.25) is 0 Å². The van der Waals surface area contributed by atoms with E-state index in [1.807, 2.05) is 48.5 Å². The first-order valence-corrected chi connectivity index (χ1v) is 11.2. The lowest BCUT2D eigenvalue weighted by molar-refractivity contribution is 0.0950. The second-order valence-corrected chi connectivity index (χ2v) is 7.81. The predicted octanol–water partition coefficient (Wildman–Crippen LogP) is 5.49. The number of benzene rings is 4. The van der Waals surface area contributed by atoms with E-state index >= 15 is 0 Å². The fraction of sp³-hybridized carbons (Fsp3) is 0.103. The second kappa shape index (κ2) is 11.5. The van der Waals surface area contributed by atoms with Crippen LogP contribution < -0.4 is 15.4 Å². The second-order valence-electron chi connectivity index (χ2n) is 7.81. The molecule has 4 aromatic rings. The molecular weight excluding hydrogens is 424 g/mol. The lowest BCUT2D eigenvalue weighted by atomic mass is 10.1. The molecule has 0 aromatic heterocycles. The van der Waals surface area contributed by atoms with Crippen LogP contribution in [0.15, 0.2) is 109 Å². The highest BCUT2D eigenvalue weighted by molar-refractivity contribution is 6.04. The van der Waals surface area contributed by atoms with Crippen LogP contribution in [0.4, 0.5) is 5.69 Å². The molecular formula is C29H26N2O3. The largest absolute Gasteiger partial charge is 0.493 e. The van der Waals surface area contributed by atoms with Crippen LogP contribution in [0.3, 0.4) is 0 Å². The van der Waals surface area contributed by atoms with Gasteiger partial charge in [0.1, 0.15) is 5.75 Å². The van der Waals surface area contributed by atoms with Crippen molar-refractivity contribution in [2.24, 2.45) is 0 Å². The lowest BCUT2D eigenvalue weighted by Gasteiger charge is -2.09. The van der Waals surface area contributed by atoms with E-state index < -0.39 is 0 Å². The van der Waals surface area contributed by atoms with Crippen LogP contribution in [0.1, 0.15) is 31.8 Å². The Morgan fingerprint density at radius 3 is 1.82 bits per heavy atom. The van der Waals surface area contributed by atoms with Crippen molar-refractivity contribution in [2.75, 3.05) is 11.9 Å². The van der Waals surface area contributed by atoms with Gasteiger partial charge in [-0.05, 0) is 59.7 Å². The topological polar surface area (TPSA) is 67.4 Å². The Labute approximate surface area is 199 Å². The number of carbonyl (C=O) groups excluding carboxylic acids is 2. The summed E-state index contributed by atoms with van der Waals surface area (Å²) in [4.78, 5) is 24.9. The maximum atomic E-state index is 12.6. The Hall–Kier alpha value is -4.38. The van der Waals surface area contributed by atoms with Crippen LogP contribution in [-0.2, 0) is 13.0 Å². The normalized spacial score (nSPS) is 10.4. The number of ether oxygens (including phenoxy) is 1. The lowest BCUT2D eigenvalue weighted by Crippen LogP contribution is -2.22. The third kappa shape index (κ3) is 6.56. The number of hydrogen-bond acceptors (Lipinski definition) is 3. The highest BCUT2D eigenvalue weighted by Crippen LogP contribution is 2.16. The van der Waals surface area contributed by atoms with Crippen LogP contribution in [0.5, 0.6) is 5.75 Å². The fourth-order valence-corrected chi connectivity index (χ4v) is 3.42. The fourth-order valence-electron chi connectivity index (χ4n) is 3.42. The molecule has 4 aromatic carbocycles. The maximum Gasteiger partial charge on any atom is 0.255 e. The smallest absolute Gasteiger partial charge is 0.255 e. The number of carbonyl (C=O) groups is 2. The van der Waals surface area contributed by atoms with Crippen molar-refractivity contribution in [2.45, 2.75) is 13.0 Å². The van der Waals surface area contributed by atoms with E-state index in [-0.39, 0.29) is 11.8 Å². The Bertz CT molecular complexity index is 1210. The van der Waals surface area contributed by atoms with E-state index in [9.17, 15) is 9.59 Å². The summed E-state index contributed by atoms with van der Waals surface area (Å²) in [7, 11) is 0. The minimum absolute atomic E-state index is 0.162. The van der Waals surface area contributed by atoms with Crippen LogP contribution in [-0.4, -0.2) is 18.4 Å². The number of anilines is 1. The number of nitrogens with one attached hydrogen (secondary N) is 2. The summed E-state index contributed by atoms with van der Waals surface area (Å²) >= 11 is 0. The summed E-state index contributed by atoms with van der Waals surface area (Å²) in [5.74, 6) is 0.333. The Morgan fingerprint density at radius 1 is 0.618 bits per heavy atom. The summed E-state index contributed by atoms with van der Waals surface area (Å²) < 4.78 is 5.78. The van der Waals surface area contributed by atoms with Crippen LogP contribution >= 0.6 is 0 Å². The molecule has 4 rings (SSSR count). The first-order valence-electron chi connectivity index (χ1n) is 11.2. The van der Waals surface area contributed by atoms with Gasteiger partial charge in [0.25, 0.3) is 11.8 Å². The van der Waals surface area contributed by atoms with Gasteiger partial charge >= 0.3 is 0 Å². The van der Waals surface area contributed by atoms with Gasteiger partial charge in [-0.2, -0.15) is 0 Å². The minimum Gasteiger partial charge on any atom is -0.493 e. The third-order valence-electron chi connectivity index (χ3n) is 5.32. The van der Waals surface area contributed by atoms with Crippen molar-refractivity contribution in [1.82, 2.24) is 5.32 Å². The van der Waals surface area contributed by atoms with Crippen LogP contribution in [0.25, 0.3) is 0 Å². The Morgan fingerprint density at radius 2 is 1.18 bits per heavy atom. The molecule has 2 amide bonds. The minimum atomic E-state index is -0.225. The van der Waals surface area contributed by atoms with Crippen LogP contribution in [0, 0.1) is 0 Å². The summed E-state index contributed by atoms with van der Waals surface area (Å²) in [5.41, 5.74) is 3.93. The van der Waals surface area contributed by atoms with E-state index in [4.69, 9.17) is 4.74 Å². The molecule has 0 heterocycles. The zero-order chi connectivity index (χ0) is 23.6. The predicted molar refractivity (Wildman–Crippen MR) is 134 cm³/mol. The monoisotopic (exact) mass is 450 g/mol. The van der Waals surface area contributed by atoms with E-state index in [0.29, 0.717) is 30.0 Å². The Kier molecular flexibility index (Phi) is 7.70. The molecule has 170 valence electrons. The third-order valence-corrected chi connectivity index (χ3v) is 5.32.